The lowest BCUT2D eigenvalue weighted by molar-refractivity contribution is -0.313. The average Bonchev–Trinajstić information content (AvgIpc) is 3.02. The van der Waals surface area contributed by atoms with Gasteiger partial charge in [-0.25, -0.2) is 0 Å². The van der Waals surface area contributed by atoms with Crippen molar-refractivity contribution in [2.45, 2.75) is 32.0 Å². The van der Waals surface area contributed by atoms with E-state index in [1.54, 1.807) is 6.07 Å². The molecule has 4 atom stereocenters. The predicted octanol–water partition coefficient (Wildman–Crippen LogP) is 1.24. The monoisotopic (exact) mass is 352 g/mol. The molecule has 0 unspecified atom stereocenters. The smallest absolute Gasteiger partial charge is 0.230 e. The number of fused-ring (bicyclic) bond motifs is 2. The molecule has 5 nitrogen and oxygen atoms in total. The Hall–Kier alpha value is -1.40. The van der Waals surface area contributed by atoms with Gasteiger partial charge in [-0.1, -0.05) is 6.07 Å². The van der Waals surface area contributed by atoms with Crippen LogP contribution in [-0.4, -0.2) is 24.1 Å². The van der Waals surface area contributed by atoms with Crippen LogP contribution in [-0.2, 0) is 14.3 Å². The number of aliphatic carboxylic acids is 1. The molecular weight excluding hydrogens is 338 g/mol. The van der Waals surface area contributed by atoms with Gasteiger partial charge in [-0.15, -0.1) is 0 Å². The predicted molar refractivity (Wildman–Crippen MR) is 77.4 cm³/mol. The van der Waals surface area contributed by atoms with Crippen molar-refractivity contribution in [3.05, 3.63) is 28.2 Å². The van der Waals surface area contributed by atoms with Gasteiger partial charge in [-0.05, 0) is 53.4 Å². The molecule has 21 heavy (non-hydrogen) atoms. The summed E-state index contributed by atoms with van der Waals surface area (Å²) >= 11 is 3.39. The molecule has 2 heterocycles. The lowest BCUT2D eigenvalue weighted by Crippen LogP contribution is -2.46. The van der Waals surface area contributed by atoms with E-state index in [2.05, 4.69) is 21.2 Å². The summed E-state index contributed by atoms with van der Waals surface area (Å²) in [5.74, 6) is -3.05. The number of aryl methyl sites for hydroxylation is 1. The summed E-state index contributed by atoms with van der Waals surface area (Å²) in [6.07, 6.45) is 0.697. The summed E-state index contributed by atoms with van der Waals surface area (Å²) in [5.41, 5.74) is 1.70. The van der Waals surface area contributed by atoms with Crippen molar-refractivity contribution in [3.63, 3.8) is 0 Å². The van der Waals surface area contributed by atoms with Crippen molar-refractivity contribution in [3.8, 4) is 0 Å². The maximum Gasteiger partial charge on any atom is 0.230 e. The maximum atomic E-state index is 12.5. The van der Waals surface area contributed by atoms with Crippen molar-refractivity contribution >= 4 is 33.5 Å². The molecule has 3 rings (SSSR count). The van der Waals surface area contributed by atoms with Crippen LogP contribution in [0.4, 0.5) is 5.69 Å². The molecule has 6 heteroatoms. The van der Waals surface area contributed by atoms with Gasteiger partial charge in [-0.2, -0.15) is 0 Å². The highest BCUT2D eigenvalue weighted by atomic mass is 79.9. The molecule has 0 saturated carbocycles. The number of hydrogen-bond donors (Lipinski definition) is 1. The fraction of sp³-hybridized carbons (Fsp3) is 0.467. The third-order valence-electron chi connectivity index (χ3n) is 4.23. The molecule has 2 aliphatic rings. The molecule has 1 amide bonds. The van der Waals surface area contributed by atoms with Crippen LogP contribution in [0.1, 0.15) is 18.4 Å². The Morgan fingerprint density at radius 2 is 1.95 bits per heavy atom. The molecule has 0 aromatic heterocycles. The van der Waals surface area contributed by atoms with E-state index in [-0.39, 0.29) is 12.0 Å². The normalized spacial score (nSPS) is 30.4. The van der Waals surface area contributed by atoms with Crippen molar-refractivity contribution in [2.75, 3.05) is 5.32 Å². The lowest BCUT2D eigenvalue weighted by Gasteiger charge is -2.27. The summed E-state index contributed by atoms with van der Waals surface area (Å²) in [4.78, 5) is 23.7. The molecule has 1 N–H and O–H groups in total. The maximum absolute atomic E-state index is 12.5. The summed E-state index contributed by atoms with van der Waals surface area (Å²) in [6, 6.07) is 5.57. The van der Waals surface area contributed by atoms with Crippen LogP contribution in [0.2, 0.25) is 0 Å². The molecule has 2 bridgehead atoms. The largest absolute Gasteiger partial charge is 0.550 e. The number of halogens is 1. The number of carboxylic acids is 1. The quantitative estimate of drug-likeness (QED) is 0.887. The number of anilines is 1. The minimum Gasteiger partial charge on any atom is -0.550 e. The van der Waals surface area contributed by atoms with Crippen LogP contribution in [0.25, 0.3) is 0 Å². The van der Waals surface area contributed by atoms with Crippen molar-refractivity contribution in [1.82, 2.24) is 0 Å². The van der Waals surface area contributed by atoms with Crippen LogP contribution < -0.4 is 10.4 Å². The van der Waals surface area contributed by atoms with E-state index in [0.29, 0.717) is 12.1 Å². The molecular formula is C15H15BrNO4-. The topological polar surface area (TPSA) is 78.5 Å². The summed E-state index contributed by atoms with van der Waals surface area (Å²) in [7, 11) is 0. The highest BCUT2D eigenvalue weighted by Gasteiger charge is 2.52. The highest BCUT2D eigenvalue weighted by molar-refractivity contribution is 9.10. The third-order valence-corrected chi connectivity index (χ3v) is 4.89. The van der Waals surface area contributed by atoms with Gasteiger partial charge in [0.2, 0.25) is 5.91 Å². The first-order chi connectivity index (χ1) is 9.97. The number of rotatable bonds is 3. The van der Waals surface area contributed by atoms with E-state index in [9.17, 15) is 14.7 Å². The molecule has 2 aliphatic heterocycles. The number of amides is 1. The molecule has 1 aromatic rings. The van der Waals surface area contributed by atoms with E-state index >= 15 is 0 Å². The Bertz CT molecular complexity index is 603. The lowest BCUT2D eigenvalue weighted by atomic mass is 9.78. The van der Waals surface area contributed by atoms with Gasteiger partial charge < -0.3 is 20.0 Å². The van der Waals surface area contributed by atoms with Crippen LogP contribution in [0.3, 0.4) is 0 Å². The summed E-state index contributed by atoms with van der Waals surface area (Å²) < 4.78 is 6.34. The molecule has 1 aromatic carbocycles. The molecule has 112 valence electrons. The second-order valence-corrected chi connectivity index (χ2v) is 6.49. The van der Waals surface area contributed by atoms with E-state index in [1.807, 2.05) is 19.1 Å². The van der Waals surface area contributed by atoms with E-state index < -0.39 is 23.9 Å². The van der Waals surface area contributed by atoms with Gasteiger partial charge in [0.25, 0.3) is 0 Å². The minimum atomic E-state index is -1.20. The summed E-state index contributed by atoms with van der Waals surface area (Å²) in [6.45, 7) is 1.95. The molecule has 2 fully saturated rings. The number of carbonyl (C=O) groups excluding carboxylic acids is 2. The van der Waals surface area contributed by atoms with Gasteiger partial charge in [0.15, 0.2) is 0 Å². The Balaban J connectivity index is 1.80. The number of benzene rings is 1. The Morgan fingerprint density at radius 3 is 2.57 bits per heavy atom. The highest BCUT2D eigenvalue weighted by Crippen LogP contribution is 2.43. The van der Waals surface area contributed by atoms with Crippen LogP contribution >= 0.6 is 15.9 Å². The number of hydrogen-bond acceptors (Lipinski definition) is 4. The molecule has 0 radical (unpaired) electrons. The SMILES string of the molecule is Cc1ccc(NC(=O)[C@@H]2[C@@H](C(=O)[O-])[C@H]3CC[C@@H]2O3)c(Br)c1. The van der Waals surface area contributed by atoms with Gasteiger partial charge in [0.05, 0.1) is 23.8 Å². The van der Waals surface area contributed by atoms with E-state index in [4.69, 9.17) is 4.74 Å². The number of carbonyl (C=O) groups is 2. The van der Waals surface area contributed by atoms with E-state index in [0.717, 1.165) is 16.5 Å². The molecule has 0 aliphatic carbocycles. The van der Waals surface area contributed by atoms with Gasteiger partial charge in [0, 0.05) is 16.4 Å². The molecule has 0 spiro atoms. The van der Waals surface area contributed by atoms with Crippen molar-refractivity contribution < 1.29 is 19.4 Å². The van der Waals surface area contributed by atoms with Crippen LogP contribution in [0.5, 0.6) is 0 Å². The van der Waals surface area contributed by atoms with Crippen LogP contribution in [0, 0.1) is 18.8 Å². The third kappa shape index (κ3) is 2.58. The fourth-order valence-corrected chi connectivity index (χ4v) is 3.84. The standard InChI is InChI=1S/C15H16BrNO4/c1-7-2-3-9(8(16)6-7)17-14(18)12-10-4-5-11(21-10)13(12)15(19)20/h2-3,6,10-13H,4-5H2,1H3,(H,17,18)(H,19,20)/p-1/t10-,11+,12-,13-/m0/s1. The Morgan fingerprint density at radius 1 is 1.29 bits per heavy atom. The number of ether oxygens (including phenoxy) is 1. The second kappa shape index (κ2) is 5.42. The van der Waals surface area contributed by atoms with Crippen molar-refractivity contribution in [2.24, 2.45) is 11.8 Å². The van der Waals surface area contributed by atoms with Gasteiger partial charge >= 0.3 is 0 Å². The zero-order valence-electron chi connectivity index (χ0n) is 11.5. The summed E-state index contributed by atoms with van der Waals surface area (Å²) in [5, 5.41) is 14.1. The zero-order chi connectivity index (χ0) is 15.1. The van der Waals surface area contributed by atoms with Crippen molar-refractivity contribution in [1.29, 1.82) is 0 Å². The number of carboxylic acid groups (broad SMARTS) is 1. The fourth-order valence-electron chi connectivity index (χ4n) is 3.25. The average molecular weight is 353 g/mol. The van der Waals surface area contributed by atoms with Gasteiger partial charge in [-0.3, -0.25) is 4.79 Å². The Kier molecular flexibility index (Phi) is 3.75. The first-order valence-corrected chi connectivity index (χ1v) is 7.70. The van der Waals surface area contributed by atoms with E-state index in [1.165, 1.54) is 0 Å². The first kappa shape index (κ1) is 14.5. The Labute approximate surface area is 130 Å². The zero-order valence-corrected chi connectivity index (χ0v) is 13.1. The minimum absolute atomic E-state index is 0.317. The second-order valence-electron chi connectivity index (χ2n) is 5.63. The van der Waals surface area contributed by atoms with Crippen LogP contribution in [0.15, 0.2) is 22.7 Å². The number of nitrogens with one attached hydrogen (secondary N) is 1. The molecule has 2 saturated heterocycles. The first-order valence-electron chi connectivity index (χ1n) is 6.90. The van der Waals surface area contributed by atoms with Gasteiger partial charge in [0.1, 0.15) is 0 Å².